The second-order valence-electron chi connectivity index (χ2n) is 5.09. The minimum Gasteiger partial charge on any atom is -0.466 e. The van der Waals surface area contributed by atoms with Crippen molar-refractivity contribution in [3.8, 4) is 0 Å². The van der Waals surface area contributed by atoms with E-state index >= 15 is 0 Å². The number of carbonyl (C=O) groups is 1. The summed E-state index contributed by atoms with van der Waals surface area (Å²) in [4.78, 5) is 11.3. The topological polar surface area (TPSA) is 77.5 Å². The molecule has 0 aliphatic carbocycles. The molecule has 5 heteroatoms. The van der Waals surface area contributed by atoms with Gasteiger partial charge in [-0.1, -0.05) is 20.8 Å². The second-order valence-corrected chi connectivity index (χ2v) is 5.09. The van der Waals surface area contributed by atoms with Gasteiger partial charge in [0.25, 0.3) is 5.91 Å². The van der Waals surface area contributed by atoms with Crippen LogP contribution in [-0.4, -0.2) is 12.5 Å². The fourth-order valence-electron chi connectivity index (χ4n) is 1.28. The van der Waals surface area contributed by atoms with Gasteiger partial charge in [-0.3, -0.25) is 10.2 Å². The standard InChI is InChI=1S/C12H20N2O3/c1-12(2,3)5-7-16-8-10-9(4-6-17-10)11(15)14-13/h4,6H,5,7-8,13H2,1-3H3,(H,14,15). The highest BCUT2D eigenvalue weighted by Gasteiger charge is 2.14. The van der Waals surface area contributed by atoms with Crippen LogP contribution in [0.4, 0.5) is 0 Å². The lowest BCUT2D eigenvalue weighted by molar-refractivity contribution is 0.0812. The normalized spacial score (nSPS) is 11.5. The van der Waals surface area contributed by atoms with Crippen LogP contribution >= 0.6 is 0 Å². The van der Waals surface area contributed by atoms with E-state index < -0.39 is 0 Å². The van der Waals surface area contributed by atoms with Crippen LogP contribution < -0.4 is 11.3 Å². The summed E-state index contributed by atoms with van der Waals surface area (Å²) in [5.41, 5.74) is 2.72. The van der Waals surface area contributed by atoms with Crippen LogP contribution in [0.25, 0.3) is 0 Å². The summed E-state index contributed by atoms with van der Waals surface area (Å²) in [6.07, 6.45) is 2.40. The van der Waals surface area contributed by atoms with E-state index in [1.807, 2.05) is 0 Å². The van der Waals surface area contributed by atoms with Crippen LogP contribution in [0.3, 0.4) is 0 Å². The Balaban J connectivity index is 2.42. The Labute approximate surface area is 101 Å². The van der Waals surface area contributed by atoms with Gasteiger partial charge in [0.1, 0.15) is 12.4 Å². The third-order valence-electron chi connectivity index (χ3n) is 2.35. The van der Waals surface area contributed by atoms with Crippen LogP contribution in [0.1, 0.15) is 43.3 Å². The van der Waals surface area contributed by atoms with Crippen LogP contribution in [0.15, 0.2) is 16.7 Å². The van der Waals surface area contributed by atoms with Crippen molar-refractivity contribution in [2.75, 3.05) is 6.61 Å². The molecule has 0 atom stereocenters. The molecule has 3 N–H and O–H groups in total. The van der Waals surface area contributed by atoms with Gasteiger partial charge in [-0.25, -0.2) is 5.84 Å². The van der Waals surface area contributed by atoms with Crippen molar-refractivity contribution in [2.45, 2.75) is 33.8 Å². The summed E-state index contributed by atoms with van der Waals surface area (Å²) in [6, 6.07) is 1.57. The lowest BCUT2D eigenvalue weighted by Crippen LogP contribution is -2.30. The quantitative estimate of drug-likeness (QED) is 0.356. The summed E-state index contributed by atoms with van der Waals surface area (Å²) in [7, 11) is 0. The van der Waals surface area contributed by atoms with Gasteiger partial charge in [0.05, 0.1) is 11.8 Å². The molecule has 5 nitrogen and oxygen atoms in total. The predicted molar refractivity (Wildman–Crippen MR) is 64.1 cm³/mol. The molecule has 0 aromatic carbocycles. The van der Waals surface area contributed by atoms with E-state index in [9.17, 15) is 4.79 Å². The van der Waals surface area contributed by atoms with Gasteiger partial charge in [0.15, 0.2) is 0 Å². The number of hydrazine groups is 1. The Hall–Kier alpha value is -1.33. The summed E-state index contributed by atoms with van der Waals surface area (Å²) in [6.45, 7) is 7.36. The maximum absolute atomic E-state index is 11.3. The molecule has 17 heavy (non-hydrogen) atoms. The van der Waals surface area contributed by atoms with Crippen molar-refractivity contribution in [1.29, 1.82) is 0 Å². The Kier molecular flexibility index (Phi) is 4.72. The molecule has 0 spiro atoms. The Morgan fingerprint density at radius 2 is 2.24 bits per heavy atom. The number of nitrogens with two attached hydrogens (primary N) is 1. The van der Waals surface area contributed by atoms with Gasteiger partial charge < -0.3 is 9.15 Å². The average Bonchev–Trinajstić information content (AvgIpc) is 2.70. The molecular formula is C12H20N2O3. The average molecular weight is 240 g/mol. The fraction of sp³-hybridized carbons (Fsp3) is 0.583. The first kappa shape index (κ1) is 13.7. The largest absolute Gasteiger partial charge is 0.466 e. The zero-order valence-electron chi connectivity index (χ0n) is 10.6. The molecule has 96 valence electrons. The third-order valence-corrected chi connectivity index (χ3v) is 2.35. The van der Waals surface area contributed by atoms with Gasteiger partial charge in [0, 0.05) is 6.61 Å². The smallest absolute Gasteiger partial charge is 0.268 e. The van der Waals surface area contributed by atoms with Crippen molar-refractivity contribution < 1.29 is 13.9 Å². The number of rotatable bonds is 5. The van der Waals surface area contributed by atoms with E-state index in [-0.39, 0.29) is 17.9 Å². The first-order chi connectivity index (χ1) is 7.94. The monoisotopic (exact) mass is 240 g/mol. The van der Waals surface area contributed by atoms with Crippen molar-refractivity contribution in [2.24, 2.45) is 11.3 Å². The molecule has 0 bridgehead atoms. The molecule has 0 aliphatic heterocycles. The zero-order chi connectivity index (χ0) is 12.9. The Morgan fingerprint density at radius 3 is 2.82 bits per heavy atom. The maximum Gasteiger partial charge on any atom is 0.268 e. The predicted octanol–water partition coefficient (Wildman–Crippen LogP) is 1.84. The Morgan fingerprint density at radius 1 is 1.53 bits per heavy atom. The molecule has 1 rings (SSSR count). The highest BCUT2D eigenvalue weighted by molar-refractivity contribution is 5.94. The van der Waals surface area contributed by atoms with Crippen LogP contribution in [0.2, 0.25) is 0 Å². The highest BCUT2D eigenvalue weighted by Crippen LogP contribution is 2.19. The van der Waals surface area contributed by atoms with E-state index in [0.29, 0.717) is 17.9 Å². The number of nitrogens with one attached hydrogen (secondary N) is 1. The van der Waals surface area contributed by atoms with E-state index in [1.165, 1.54) is 6.26 Å². The molecule has 1 amide bonds. The second kappa shape index (κ2) is 5.84. The number of amides is 1. The Bertz CT molecular complexity index is 366. The number of carbonyl (C=O) groups excluding carboxylic acids is 1. The van der Waals surface area contributed by atoms with E-state index in [2.05, 4.69) is 26.2 Å². The lowest BCUT2D eigenvalue weighted by Gasteiger charge is -2.17. The van der Waals surface area contributed by atoms with Crippen molar-refractivity contribution in [3.05, 3.63) is 23.7 Å². The van der Waals surface area contributed by atoms with E-state index in [1.54, 1.807) is 6.07 Å². The van der Waals surface area contributed by atoms with Crippen LogP contribution in [0, 0.1) is 5.41 Å². The van der Waals surface area contributed by atoms with Crippen LogP contribution in [-0.2, 0) is 11.3 Å². The molecule has 1 aromatic rings. The minimum absolute atomic E-state index is 0.237. The van der Waals surface area contributed by atoms with Gasteiger partial charge in [0.2, 0.25) is 0 Å². The van der Waals surface area contributed by atoms with Crippen LogP contribution in [0.5, 0.6) is 0 Å². The highest BCUT2D eigenvalue weighted by atomic mass is 16.5. The fourth-order valence-corrected chi connectivity index (χ4v) is 1.28. The molecule has 0 radical (unpaired) electrons. The SMILES string of the molecule is CC(C)(C)CCOCc1occc1C(=O)NN. The first-order valence-electron chi connectivity index (χ1n) is 5.59. The zero-order valence-corrected chi connectivity index (χ0v) is 10.6. The van der Waals surface area contributed by atoms with Crippen molar-refractivity contribution >= 4 is 5.91 Å². The van der Waals surface area contributed by atoms with Gasteiger partial charge in [-0.15, -0.1) is 0 Å². The summed E-state index contributed by atoms with van der Waals surface area (Å²) >= 11 is 0. The maximum atomic E-state index is 11.3. The number of nitrogen functional groups attached to an aromatic ring is 1. The molecule has 0 saturated heterocycles. The summed E-state index contributed by atoms with van der Waals surface area (Å²) in [5.74, 6) is 5.20. The molecule has 0 fully saturated rings. The van der Waals surface area contributed by atoms with Gasteiger partial charge in [-0.2, -0.15) is 0 Å². The molecule has 1 heterocycles. The number of hydrogen-bond acceptors (Lipinski definition) is 4. The third kappa shape index (κ3) is 4.58. The molecular weight excluding hydrogens is 220 g/mol. The molecule has 1 aromatic heterocycles. The molecule has 0 aliphatic rings. The van der Waals surface area contributed by atoms with Gasteiger partial charge in [-0.05, 0) is 17.9 Å². The van der Waals surface area contributed by atoms with E-state index in [0.717, 1.165) is 6.42 Å². The van der Waals surface area contributed by atoms with Crippen molar-refractivity contribution in [1.82, 2.24) is 5.43 Å². The van der Waals surface area contributed by atoms with Gasteiger partial charge >= 0.3 is 0 Å². The number of ether oxygens (including phenoxy) is 1. The summed E-state index contributed by atoms with van der Waals surface area (Å²) < 4.78 is 10.7. The van der Waals surface area contributed by atoms with E-state index in [4.69, 9.17) is 15.0 Å². The minimum atomic E-state index is -0.367. The number of furan rings is 1. The van der Waals surface area contributed by atoms with Crippen molar-refractivity contribution in [3.63, 3.8) is 0 Å². The molecule has 0 unspecified atom stereocenters. The first-order valence-corrected chi connectivity index (χ1v) is 5.59. The molecule has 0 saturated carbocycles. The lowest BCUT2D eigenvalue weighted by atomic mass is 9.93. The summed E-state index contributed by atoms with van der Waals surface area (Å²) in [5, 5.41) is 0. The number of hydrogen-bond donors (Lipinski definition) is 2.